The van der Waals surface area contributed by atoms with Crippen LogP contribution in [0.4, 0.5) is 4.39 Å². The van der Waals surface area contributed by atoms with Crippen molar-refractivity contribution in [1.82, 2.24) is 0 Å². The minimum atomic E-state index is -0.301. The van der Waals surface area contributed by atoms with Gasteiger partial charge >= 0.3 is 0 Å². The maximum absolute atomic E-state index is 13.3. The van der Waals surface area contributed by atoms with E-state index in [4.69, 9.17) is 5.11 Å². The Morgan fingerprint density at radius 3 is 2.93 bits per heavy atom. The number of hydrogen-bond donors (Lipinski definition) is 1. The smallest absolute Gasteiger partial charge is 0.138 e. The fraction of sp³-hybridized carbons (Fsp3) is 0.333. The van der Waals surface area contributed by atoms with Gasteiger partial charge in [-0.05, 0) is 24.0 Å². The average Bonchev–Trinajstić information content (AvgIpc) is 2.23. The third-order valence-corrected chi connectivity index (χ3v) is 2.42. The second kappa shape index (κ2) is 6.49. The van der Waals surface area contributed by atoms with E-state index in [2.05, 4.69) is 11.8 Å². The molecule has 0 saturated heterocycles. The summed E-state index contributed by atoms with van der Waals surface area (Å²) in [4.78, 5) is 0. The highest BCUT2D eigenvalue weighted by atomic mass is 32.2. The zero-order valence-corrected chi connectivity index (χ0v) is 9.40. The highest BCUT2D eigenvalue weighted by Gasteiger charge is 2.00. The topological polar surface area (TPSA) is 20.2 Å². The van der Waals surface area contributed by atoms with E-state index in [0.717, 1.165) is 11.3 Å². The van der Waals surface area contributed by atoms with Crippen LogP contribution in [0.2, 0.25) is 0 Å². The molecule has 80 valence electrons. The van der Waals surface area contributed by atoms with Crippen molar-refractivity contribution in [3.8, 4) is 11.8 Å². The number of benzene rings is 1. The second-order valence-corrected chi connectivity index (χ2v) is 3.89. The Labute approximate surface area is 93.7 Å². The minimum Gasteiger partial charge on any atom is -0.395 e. The first-order chi connectivity index (χ1) is 7.27. The van der Waals surface area contributed by atoms with Crippen molar-refractivity contribution in [2.75, 3.05) is 12.9 Å². The quantitative estimate of drug-likeness (QED) is 0.796. The van der Waals surface area contributed by atoms with Gasteiger partial charge in [0, 0.05) is 12.2 Å². The van der Waals surface area contributed by atoms with Crippen LogP contribution >= 0.6 is 11.8 Å². The molecular weight excluding hydrogens is 211 g/mol. The monoisotopic (exact) mass is 224 g/mol. The summed E-state index contributed by atoms with van der Waals surface area (Å²) in [6, 6.07) is 4.97. The predicted molar refractivity (Wildman–Crippen MR) is 62.2 cm³/mol. The lowest BCUT2D eigenvalue weighted by molar-refractivity contribution is 0.305. The van der Waals surface area contributed by atoms with Crippen molar-refractivity contribution in [3.63, 3.8) is 0 Å². The van der Waals surface area contributed by atoms with E-state index < -0.39 is 0 Å². The molecule has 0 aliphatic carbocycles. The Hall–Kier alpha value is -0.980. The van der Waals surface area contributed by atoms with Crippen LogP contribution in [0.25, 0.3) is 0 Å². The van der Waals surface area contributed by atoms with Gasteiger partial charge in [0.1, 0.15) is 5.82 Å². The van der Waals surface area contributed by atoms with Crippen LogP contribution in [-0.4, -0.2) is 18.0 Å². The molecule has 1 aromatic carbocycles. The van der Waals surface area contributed by atoms with E-state index in [0.29, 0.717) is 12.0 Å². The van der Waals surface area contributed by atoms with Gasteiger partial charge in [0.05, 0.1) is 12.2 Å². The van der Waals surface area contributed by atoms with Crippen molar-refractivity contribution < 1.29 is 9.50 Å². The van der Waals surface area contributed by atoms with Gasteiger partial charge in [-0.15, -0.1) is 0 Å². The maximum Gasteiger partial charge on any atom is 0.138 e. The summed E-state index contributed by atoms with van der Waals surface area (Å²) in [5.41, 5.74) is 1.48. The molecule has 3 heteroatoms. The largest absolute Gasteiger partial charge is 0.395 e. The fourth-order valence-corrected chi connectivity index (χ4v) is 1.65. The Morgan fingerprint density at radius 2 is 2.27 bits per heavy atom. The second-order valence-electron chi connectivity index (χ2n) is 3.02. The molecule has 0 radical (unpaired) electrons. The predicted octanol–water partition coefficient (Wildman–Crippen LogP) is 2.42. The Kier molecular flexibility index (Phi) is 5.23. The molecular formula is C12H13FOS. The van der Waals surface area contributed by atoms with E-state index in [9.17, 15) is 4.39 Å². The Morgan fingerprint density at radius 1 is 1.47 bits per heavy atom. The highest BCUT2D eigenvalue weighted by Crippen LogP contribution is 2.13. The van der Waals surface area contributed by atoms with Gasteiger partial charge in [-0.3, -0.25) is 0 Å². The van der Waals surface area contributed by atoms with Crippen LogP contribution < -0.4 is 0 Å². The minimum absolute atomic E-state index is 0.0130. The van der Waals surface area contributed by atoms with E-state index in [1.165, 1.54) is 6.07 Å². The number of thioether (sulfide) groups is 1. The molecule has 0 aromatic heterocycles. The van der Waals surface area contributed by atoms with Gasteiger partial charge < -0.3 is 5.11 Å². The Balaban J connectivity index is 2.86. The van der Waals surface area contributed by atoms with Gasteiger partial charge in [0.15, 0.2) is 0 Å². The molecule has 0 fully saturated rings. The zero-order valence-electron chi connectivity index (χ0n) is 8.59. The summed E-state index contributed by atoms with van der Waals surface area (Å²) in [5, 5.41) is 8.55. The van der Waals surface area contributed by atoms with E-state index >= 15 is 0 Å². The van der Waals surface area contributed by atoms with Gasteiger partial charge in [0.2, 0.25) is 0 Å². The van der Waals surface area contributed by atoms with Crippen molar-refractivity contribution in [1.29, 1.82) is 0 Å². The lowest BCUT2D eigenvalue weighted by Gasteiger charge is -2.00. The van der Waals surface area contributed by atoms with E-state index in [1.807, 2.05) is 6.26 Å². The SMILES string of the molecule is CSCc1ccc(F)c(C#CCCO)c1. The van der Waals surface area contributed by atoms with Crippen molar-refractivity contribution >= 4 is 11.8 Å². The van der Waals surface area contributed by atoms with E-state index in [-0.39, 0.29) is 12.4 Å². The van der Waals surface area contributed by atoms with E-state index in [1.54, 1.807) is 23.9 Å². The van der Waals surface area contributed by atoms with Crippen LogP contribution in [0.15, 0.2) is 18.2 Å². The molecule has 0 bridgehead atoms. The molecule has 1 nitrogen and oxygen atoms in total. The number of halogens is 1. The van der Waals surface area contributed by atoms with Crippen LogP contribution in [0.1, 0.15) is 17.5 Å². The third kappa shape index (κ3) is 3.94. The van der Waals surface area contributed by atoms with Crippen molar-refractivity contribution in [3.05, 3.63) is 35.1 Å². The average molecular weight is 224 g/mol. The lowest BCUT2D eigenvalue weighted by Crippen LogP contribution is -1.88. The summed E-state index contributed by atoms with van der Waals surface area (Å²) >= 11 is 1.69. The number of aliphatic hydroxyl groups excluding tert-OH is 1. The molecule has 1 N–H and O–H groups in total. The molecule has 1 rings (SSSR count). The molecule has 0 saturated carbocycles. The normalized spacial score (nSPS) is 9.53. The summed E-state index contributed by atoms with van der Waals surface area (Å²) in [6.07, 6.45) is 2.38. The summed E-state index contributed by atoms with van der Waals surface area (Å²) < 4.78 is 13.3. The number of rotatable bonds is 3. The first-order valence-electron chi connectivity index (χ1n) is 4.65. The van der Waals surface area contributed by atoms with Crippen LogP contribution in [-0.2, 0) is 5.75 Å². The molecule has 0 amide bonds. The molecule has 0 heterocycles. The molecule has 0 spiro atoms. The van der Waals surface area contributed by atoms with Crippen LogP contribution in [0.5, 0.6) is 0 Å². The molecule has 15 heavy (non-hydrogen) atoms. The van der Waals surface area contributed by atoms with Gasteiger partial charge in [-0.2, -0.15) is 11.8 Å². The summed E-state index contributed by atoms with van der Waals surface area (Å²) in [5.74, 6) is 5.99. The van der Waals surface area contributed by atoms with Crippen LogP contribution in [0.3, 0.4) is 0 Å². The first kappa shape index (κ1) is 12.1. The molecule has 0 aliphatic rings. The van der Waals surface area contributed by atoms with Gasteiger partial charge in [-0.1, -0.05) is 17.9 Å². The zero-order chi connectivity index (χ0) is 11.1. The van der Waals surface area contributed by atoms with Gasteiger partial charge in [0.25, 0.3) is 0 Å². The highest BCUT2D eigenvalue weighted by molar-refractivity contribution is 7.97. The fourth-order valence-electron chi connectivity index (χ4n) is 1.14. The van der Waals surface area contributed by atoms with Crippen LogP contribution in [0, 0.1) is 17.7 Å². The Bertz CT molecular complexity index is 379. The third-order valence-electron chi connectivity index (χ3n) is 1.80. The molecule has 1 aromatic rings. The first-order valence-corrected chi connectivity index (χ1v) is 6.04. The summed E-state index contributed by atoms with van der Waals surface area (Å²) in [7, 11) is 0. The van der Waals surface area contributed by atoms with Crippen molar-refractivity contribution in [2.24, 2.45) is 0 Å². The standard InChI is InChI=1S/C12H13FOS/c1-15-9-10-5-6-12(13)11(8-10)4-2-3-7-14/h5-6,8,14H,3,7,9H2,1H3. The summed E-state index contributed by atoms with van der Waals surface area (Å²) in [6.45, 7) is 0.0130. The molecule has 0 atom stereocenters. The maximum atomic E-state index is 13.3. The number of hydrogen-bond acceptors (Lipinski definition) is 2. The van der Waals surface area contributed by atoms with Crippen molar-refractivity contribution in [2.45, 2.75) is 12.2 Å². The van der Waals surface area contributed by atoms with Gasteiger partial charge in [-0.25, -0.2) is 4.39 Å². The molecule has 0 aliphatic heterocycles. The molecule has 0 unspecified atom stereocenters. The number of aliphatic hydroxyl groups is 1. The lowest BCUT2D eigenvalue weighted by atomic mass is 10.1.